The minimum absolute atomic E-state index is 0. The Labute approximate surface area is 886 Å². The average molecular weight is 2060 g/mol. The van der Waals surface area contributed by atoms with Gasteiger partial charge in [-0.1, -0.05) is 507 Å². The molecule has 680 valence electrons. The fraction of sp³-hybridized carbons (Fsp3) is 0.0417. The van der Waals surface area contributed by atoms with Gasteiger partial charge in [-0.3, -0.25) is 14.8 Å². The number of hydrogen-bond acceptors (Lipinski definition) is 9. The normalized spacial score (nSPS) is 10.1. The minimum Gasteiger partial charge on any atom is -1.00 e. The van der Waals surface area contributed by atoms with Gasteiger partial charge in [-0.05, 0) is 190 Å². The van der Waals surface area contributed by atoms with E-state index in [9.17, 15) is 0 Å². The second-order valence-electron chi connectivity index (χ2n) is 30.0. The van der Waals surface area contributed by atoms with E-state index in [4.69, 9.17) is 29.9 Å². The second-order valence-corrected chi connectivity index (χ2v) is 39.8. The average Bonchev–Trinajstić information content (AvgIpc) is 0.828. The van der Waals surface area contributed by atoms with Crippen LogP contribution in [0.2, 0.25) is 0 Å². The van der Waals surface area contributed by atoms with Crippen LogP contribution in [-0.4, -0.2) is 58.5 Å². The van der Waals surface area contributed by atoms with Gasteiger partial charge >= 0.3 is 66.2 Å². The largest absolute Gasteiger partial charge is 1.00 e. The smallest absolute Gasteiger partial charge is 1.00 e. The minimum atomic E-state index is -1.39. The maximum absolute atomic E-state index is 8.94. The van der Waals surface area contributed by atoms with Crippen molar-refractivity contribution in [2.45, 2.75) is 13.8 Å². The number of hydrogen-bond donors (Lipinski definition) is 3. The van der Waals surface area contributed by atoms with E-state index in [0.717, 1.165) is 32.3 Å². The number of carbonyl (C=O) groups is 1. The first-order valence-corrected chi connectivity index (χ1v) is 50.5. The molecular formula is C120H106BBrN2Na2O7P4Pd. The molecule has 2 heterocycles. The Kier molecular flexibility index (Phi) is 50.9. The summed E-state index contributed by atoms with van der Waals surface area (Å²) in [5.74, 6) is 0. The Bertz CT molecular complexity index is 5800. The number of carbonyl (C=O) groups excluding carboxylic acids is 1. The van der Waals surface area contributed by atoms with Gasteiger partial charge in [-0.2, -0.15) is 0 Å². The molecule has 18 aromatic carbocycles. The van der Waals surface area contributed by atoms with Crippen LogP contribution in [-0.2, 0) is 34.8 Å². The molecule has 0 aliphatic carbocycles. The van der Waals surface area contributed by atoms with Crippen molar-refractivity contribution in [3.05, 3.63) is 550 Å². The molecule has 9 nitrogen and oxygen atoms in total. The van der Waals surface area contributed by atoms with Gasteiger partial charge in [0.2, 0.25) is 0 Å². The number of aliphatic hydroxyl groups is 1. The molecule has 0 amide bonds. The summed E-state index contributed by atoms with van der Waals surface area (Å²) >= 11 is 3.42. The Morgan fingerprint density at radius 3 is 0.812 bits per heavy atom. The SMILES string of the molecule is CCOCCO.Cc1ccc2cc(Br)ccc2n1.O=CO[O-].OB(O)c1ccc(-c2ccccc2)cc1.[H-].[Na+].[Na+].[Pd].c1ccc(-c2ccc(-c3ccc4ncccc4c3)cc2)cc1.c1ccc(P(c2ccccc2)c2ccccc2)cc1.c1ccc(P(c2ccccc2)c2ccccc2)cc1.c1ccc(P(c2ccccc2)c2ccccc2)cc1.c1ccc(P(c2ccccc2)c2ccccc2)cc1. The van der Waals surface area contributed by atoms with Gasteiger partial charge in [-0.15, -0.1) is 0 Å². The molecule has 0 aliphatic rings. The summed E-state index contributed by atoms with van der Waals surface area (Å²) in [5, 5.41) is 53.5. The number of aromatic nitrogens is 2. The zero-order chi connectivity index (χ0) is 93.9. The van der Waals surface area contributed by atoms with E-state index in [0.29, 0.717) is 18.7 Å². The number of aryl methyl sites for hydroxylation is 1. The van der Waals surface area contributed by atoms with Crippen LogP contribution in [0.4, 0.5) is 0 Å². The molecule has 2 aromatic heterocycles. The molecule has 0 atom stereocenters. The topological polar surface area (TPSA) is 145 Å². The van der Waals surface area contributed by atoms with Crippen LogP contribution in [0.3, 0.4) is 0 Å². The Morgan fingerprint density at radius 1 is 0.319 bits per heavy atom. The molecule has 0 spiro atoms. The number of fused-ring (bicyclic) bond motifs is 2. The van der Waals surface area contributed by atoms with E-state index in [1.807, 2.05) is 92.8 Å². The predicted molar refractivity (Wildman–Crippen MR) is 581 cm³/mol. The molecule has 0 fully saturated rings. The summed E-state index contributed by atoms with van der Waals surface area (Å²) in [6.45, 7) is 5.02. The van der Waals surface area contributed by atoms with Crippen molar-refractivity contribution in [1.82, 2.24) is 9.97 Å². The Morgan fingerprint density at radius 2 is 0.558 bits per heavy atom. The Hall–Kier alpha value is -11.0. The van der Waals surface area contributed by atoms with E-state index in [1.165, 1.54) is 96.7 Å². The third-order valence-corrected chi connectivity index (χ3v) is 31.0. The van der Waals surface area contributed by atoms with Crippen molar-refractivity contribution in [2.24, 2.45) is 0 Å². The van der Waals surface area contributed by atoms with Gasteiger partial charge in [0, 0.05) is 54.2 Å². The van der Waals surface area contributed by atoms with E-state index < -0.39 is 38.8 Å². The van der Waals surface area contributed by atoms with Gasteiger partial charge in [0.05, 0.1) is 24.2 Å². The molecule has 3 N–H and O–H groups in total. The number of halogens is 1. The standard InChI is InChI=1S/C21H15N.4C18H15P.C12H11BO2.C10H8BrN.C4H10O2.CH2O3.2Na.Pd.H/c1-2-5-16(6-3-1)17-8-10-18(11-9-17)19-12-13-21-20(15-19)7-4-14-22-21;4*1-4-10-16(11-5-1)19(17-12-6-2-7-13-17)18-14-8-3-9-15-18;14-13(15)12-8-6-11(7-9-12)10-4-2-1-3-5-10;1-7-2-3-8-6-9(11)4-5-10(8)12-7;1-2-6-4-3-5;2-1-4-3;;;;/h1-15H;4*1-15H;1-9,14-15H;2-6H,1H3;5H,2-4H2,1H3;1,3H;;;;/q;;;;;;;;;2*+1;;-1/p-1. The number of aliphatic hydroxyl groups excluding tert-OH is 1. The molecule has 0 unspecified atom stereocenters. The summed E-state index contributed by atoms with van der Waals surface area (Å²) in [7, 11) is -3.18. The van der Waals surface area contributed by atoms with Crippen LogP contribution in [0.15, 0.2) is 545 Å². The van der Waals surface area contributed by atoms with Crippen LogP contribution in [0.1, 0.15) is 14.0 Å². The first kappa shape index (κ1) is 111. The molecule has 20 rings (SSSR count). The first-order valence-electron chi connectivity index (χ1n) is 44.3. The maximum atomic E-state index is 8.94. The van der Waals surface area contributed by atoms with E-state index in [2.05, 4.69) is 480 Å². The van der Waals surface area contributed by atoms with Crippen LogP contribution in [0.5, 0.6) is 0 Å². The first-order chi connectivity index (χ1) is 66.6. The molecular weight excluding hydrogens is 1950 g/mol. The number of rotatable bonds is 20. The van der Waals surface area contributed by atoms with Crippen molar-refractivity contribution in [2.75, 3.05) is 19.8 Å². The quantitative estimate of drug-likeness (QED) is 0.0170. The second kappa shape index (κ2) is 63.5. The fourth-order valence-corrected chi connectivity index (χ4v) is 23.9. The van der Waals surface area contributed by atoms with Gasteiger partial charge in [0.1, 0.15) is 0 Å². The summed E-state index contributed by atoms with van der Waals surface area (Å²) in [6, 6.07) is 186. The van der Waals surface area contributed by atoms with E-state index in [1.54, 1.807) is 12.1 Å². The number of ether oxygens (including phenoxy) is 1. The molecule has 0 saturated heterocycles. The number of benzene rings is 18. The third kappa shape index (κ3) is 36.0. The van der Waals surface area contributed by atoms with Gasteiger partial charge < -0.3 is 31.5 Å². The zero-order valence-electron chi connectivity index (χ0n) is 78.5. The fourth-order valence-electron chi connectivity index (χ4n) is 14.3. The van der Waals surface area contributed by atoms with Crippen molar-refractivity contribution in [3.8, 4) is 33.4 Å². The molecule has 18 heteroatoms. The molecule has 0 aliphatic heterocycles. The summed E-state index contributed by atoms with van der Waals surface area (Å²) in [4.78, 5) is 20.0. The van der Waals surface area contributed by atoms with Crippen molar-refractivity contribution < 1.29 is 116 Å². The Balaban J connectivity index is 0.000000195. The van der Waals surface area contributed by atoms with Crippen LogP contribution < -0.4 is 133 Å². The van der Waals surface area contributed by atoms with Crippen LogP contribution in [0, 0.1) is 6.92 Å². The van der Waals surface area contributed by atoms with Crippen molar-refractivity contribution in [1.29, 1.82) is 0 Å². The number of pyridine rings is 2. The van der Waals surface area contributed by atoms with E-state index in [-0.39, 0.29) is 94.0 Å². The zero-order valence-corrected chi connectivity index (χ0v) is 88.2. The van der Waals surface area contributed by atoms with Crippen LogP contribution >= 0.6 is 47.6 Å². The monoisotopic (exact) mass is 2050 g/mol. The van der Waals surface area contributed by atoms with Gasteiger partial charge in [0.15, 0.2) is 0 Å². The molecule has 138 heavy (non-hydrogen) atoms. The van der Waals surface area contributed by atoms with Crippen LogP contribution in [0.25, 0.3) is 55.2 Å². The third-order valence-electron chi connectivity index (χ3n) is 20.7. The van der Waals surface area contributed by atoms with Crippen molar-refractivity contribution in [3.63, 3.8) is 0 Å². The van der Waals surface area contributed by atoms with Gasteiger partial charge in [0.25, 0.3) is 6.47 Å². The molecule has 0 bridgehead atoms. The van der Waals surface area contributed by atoms with E-state index >= 15 is 0 Å². The predicted octanol–water partition coefficient (Wildman–Crippen LogP) is 16.3. The summed E-state index contributed by atoms with van der Waals surface area (Å²) < 4.78 is 5.83. The number of nitrogens with zero attached hydrogens (tertiary/aromatic N) is 2. The molecule has 0 radical (unpaired) electrons. The van der Waals surface area contributed by atoms with Gasteiger partial charge in [-0.25, -0.2) is 0 Å². The maximum Gasteiger partial charge on any atom is 1.00 e. The summed E-state index contributed by atoms with van der Waals surface area (Å²) in [6.07, 6.45) is 1.83. The summed E-state index contributed by atoms with van der Waals surface area (Å²) in [5.41, 5.74) is 10.8. The molecule has 20 aromatic rings. The van der Waals surface area contributed by atoms with Crippen molar-refractivity contribution >= 4 is 152 Å². The molecule has 0 saturated carbocycles.